The standard InChI is InChI=1S/C50H91O10P/c1-3-5-7-9-11-13-15-17-19-21-23-25-27-29-31-33-35-37-39-41-49(53)57-45-48(46-59-61(55,56)58-44-47(52)43-51)60-50(54)42-40-38-36-34-32-30-28-26-24-22-20-18-16-14-12-10-8-6-4-2/h11-14,17-20,47-48,51-52H,3-10,15-16,21-46H2,1-2H3,(H,55,56)/b13-11-,14-12-,19-17-,20-18-/t47-,48+/m0/s1. The number of hydrogen-bond donors (Lipinski definition) is 3. The van der Waals surface area contributed by atoms with Crippen molar-refractivity contribution in [2.75, 3.05) is 26.4 Å². The molecule has 0 aliphatic carbocycles. The molecule has 0 rings (SSSR count). The Labute approximate surface area is 373 Å². The fourth-order valence-electron chi connectivity index (χ4n) is 6.64. The number of rotatable bonds is 46. The molecule has 3 N–H and O–H groups in total. The van der Waals surface area contributed by atoms with Crippen LogP contribution < -0.4 is 0 Å². The molecular weight excluding hydrogens is 792 g/mol. The summed E-state index contributed by atoms with van der Waals surface area (Å²) in [5.74, 6) is -0.930. The third-order valence-electron chi connectivity index (χ3n) is 10.5. The van der Waals surface area contributed by atoms with E-state index in [-0.39, 0.29) is 19.4 Å². The molecule has 0 saturated heterocycles. The molecule has 0 aliphatic heterocycles. The van der Waals surface area contributed by atoms with Crippen LogP contribution in [0.1, 0.15) is 219 Å². The van der Waals surface area contributed by atoms with Gasteiger partial charge in [-0.25, -0.2) is 4.57 Å². The molecule has 11 heteroatoms. The lowest BCUT2D eigenvalue weighted by molar-refractivity contribution is -0.161. The lowest BCUT2D eigenvalue weighted by Gasteiger charge is -2.20. The number of carbonyl (C=O) groups excluding carboxylic acids is 2. The highest BCUT2D eigenvalue weighted by Crippen LogP contribution is 2.43. The van der Waals surface area contributed by atoms with Crippen molar-refractivity contribution in [3.05, 3.63) is 48.6 Å². The van der Waals surface area contributed by atoms with Crippen LogP contribution in [0.15, 0.2) is 48.6 Å². The predicted octanol–water partition coefficient (Wildman–Crippen LogP) is 13.7. The Balaban J connectivity index is 4.22. The molecule has 0 aliphatic rings. The molecule has 3 atom stereocenters. The van der Waals surface area contributed by atoms with Crippen LogP contribution in [-0.4, -0.2) is 65.7 Å². The average molecular weight is 883 g/mol. The van der Waals surface area contributed by atoms with Crippen LogP contribution in [0.25, 0.3) is 0 Å². The number of phosphoric ester groups is 1. The first-order valence-electron chi connectivity index (χ1n) is 24.6. The summed E-state index contributed by atoms with van der Waals surface area (Å²) in [6.45, 7) is 2.34. The highest BCUT2D eigenvalue weighted by molar-refractivity contribution is 7.47. The van der Waals surface area contributed by atoms with Crippen molar-refractivity contribution in [2.24, 2.45) is 0 Å². The number of phosphoric acid groups is 1. The molecule has 0 spiro atoms. The van der Waals surface area contributed by atoms with Crippen LogP contribution in [0.4, 0.5) is 0 Å². The molecule has 0 fully saturated rings. The number of esters is 2. The summed E-state index contributed by atoms with van der Waals surface area (Å²) in [4.78, 5) is 35.1. The largest absolute Gasteiger partial charge is 0.472 e. The Kier molecular flexibility index (Phi) is 44.4. The van der Waals surface area contributed by atoms with Crippen molar-refractivity contribution in [2.45, 2.75) is 232 Å². The number of aliphatic hydroxyl groups is 2. The van der Waals surface area contributed by atoms with Gasteiger partial charge in [0.2, 0.25) is 0 Å². The Hall–Kier alpha value is -2.07. The van der Waals surface area contributed by atoms with E-state index in [1.165, 1.54) is 116 Å². The molecule has 0 amide bonds. The minimum Gasteiger partial charge on any atom is -0.462 e. The smallest absolute Gasteiger partial charge is 0.462 e. The summed E-state index contributed by atoms with van der Waals surface area (Å²) in [6.07, 6.45) is 50.7. The molecule has 0 saturated carbocycles. The summed E-state index contributed by atoms with van der Waals surface area (Å²) in [7, 11) is -4.62. The number of ether oxygens (including phenoxy) is 2. The Morgan fingerprint density at radius 1 is 0.492 bits per heavy atom. The van der Waals surface area contributed by atoms with Crippen LogP contribution in [0.5, 0.6) is 0 Å². The van der Waals surface area contributed by atoms with Crippen molar-refractivity contribution < 1.29 is 47.8 Å². The van der Waals surface area contributed by atoms with Gasteiger partial charge in [-0.1, -0.05) is 178 Å². The molecule has 0 aromatic heterocycles. The molecule has 0 aromatic carbocycles. The number of aliphatic hydroxyl groups excluding tert-OH is 2. The van der Waals surface area contributed by atoms with Crippen LogP contribution in [0.3, 0.4) is 0 Å². The van der Waals surface area contributed by atoms with Crippen molar-refractivity contribution in [3.8, 4) is 0 Å². The van der Waals surface area contributed by atoms with Gasteiger partial charge in [0.15, 0.2) is 6.10 Å². The van der Waals surface area contributed by atoms with E-state index < -0.39 is 51.8 Å². The number of unbranched alkanes of at least 4 members (excludes halogenated alkanes) is 24. The minimum absolute atomic E-state index is 0.178. The monoisotopic (exact) mass is 883 g/mol. The van der Waals surface area contributed by atoms with Gasteiger partial charge in [-0.3, -0.25) is 18.6 Å². The van der Waals surface area contributed by atoms with Crippen LogP contribution in [0.2, 0.25) is 0 Å². The summed E-state index contributed by atoms with van der Waals surface area (Å²) in [6, 6.07) is 0. The number of carbonyl (C=O) groups is 2. The normalized spacial score (nSPS) is 14.1. The predicted molar refractivity (Wildman–Crippen MR) is 251 cm³/mol. The summed E-state index contributed by atoms with van der Waals surface area (Å²) < 4.78 is 32.8. The molecule has 10 nitrogen and oxygen atoms in total. The van der Waals surface area contributed by atoms with Gasteiger partial charge in [0, 0.05) is 12.8 Å². The number of hydrogen-bond acceptors (Lipinski definition) is 9. The van der Waals surface area contributed by atoms with Crippen molar-refractivity contribution in [1.82, 2.24) is 0 Å². The van der Waals surface area contributed by atoms with E-state index in [2.05, 4.69) is 62.5 Å². The minimum atomic E-state index is -4.62. The molecule has 0 aromatic rings. The fraction of sp³-hybridized carbons (Fsp3) is 0.800. The summed E-state index contributed by atoms with van der Waals surface area (Å²) in [5.41, 5.74) is 0. The van der Waals surface area contributed by atoms with Crippen LogP contribution in [-0.2, 0) is 32.7 Å². The highest BCUT2D eigenvalue weighted by Gasteiger charge is 2.27. The van der Waals surface area contributed by atoms with Crippen molar-refractivity contribution in [1.29, 1.82) is 0 Å². The van der Waals surface area contributed by atoms with Gasteiger partial charge in [-0.15, -0.1) is 0 Å². The SMILES string of the molecule is CCCCC/C=C\C/C=C\CCCCCCCCCCCC(=O)OC[C@H](COP(=O)(O)OC[C@@H](O)CO)OC(=O)CCCCCCCCCCC/C=C\C/C=C\CCCCC. The number of allylic oxidation sites excluding steroid dienone is 8. The Morgan fingerprint density at radius 3 is 1.26 bits per heavy atom. The van der Waals surface area contributed by atoms with E-state index in [4.69, 9.17) is 23.6 Å². The first-order valence-corrected chi connectivity index (χ1v) is 26.1. The van der Waals surface area contributed by atoms with E-state index >= 15 is 0 Å². The van der Waals surface area contributed by atoms with E-state index in [9.17, 15) is 24.2 Å². The van der Waals surface area contributed by atoms with Crippen molar-refractivity contribution in [3.63, 3.8) is 0 Å². The first-order chi connectivity index (χ1) is 29.7. The van der Waals surface area contributed by atoms with Gasteiger partial charge in [0.25, 0.3) is 0 Å². The summed E-state index contributed by atoms with van der Waals surface area (Å²) >= 11 is 0. The second kappa shape index (κ2) is 45.9. The van der Waals surface area contributed by atoms with Gasteiger partial charge in [-0.05, 0) is 77.0 Å². The molecule has 0 bridgehead atoms. The van der Waals surface area contributed by atoms with E-state index in [0.717, 1.165) is 64.2 Å². The quantitative estimate of drug-likeness (QED) is 0.0233. The maximum Gasteiger partial charge on any atom is 0.472 e. The second-order valence-electron chi connectivity index (χ2n) is 16.5. The Morgan fingerprint density at radius 2 is 0.852 bits per heavy atom. The molecule has 0 radical (unpaired) electrons. The van der Waals surface area contributed by atoms with Gasteiger partial charge < -0.3 is 24.6 Å². The van der Waals surface area contributed by atoms with E-state index in [1.807, 2.05) is 0 Å². The fourth-order valence-corrected chi connectivity index (χ4v) is 7.43. The lowest BCUT2D eigenvalue weighted by Crippen LogP contribution is -2.29. The topological polar surface area (TPSA) is 149 Å². The second-order valence-corrected chi connectivity index (χ2v) is 17.9. The molecule has 61 heavy (non-hydrogen) atoms. The van der Waals surface area contributed by atoms with Crippen molar-refractivity contribution >= 4 is 19.8 Å². The third kappa shape index (κ3) is 45.8. The maximum atomic E-state index is 12.7. The zero-order chi connectivity index (χ0) is 44.8. The van der Waals surface area contributed by atoms with Gasteiger partial charge in [-0.2, -0.15) is 0 Å². The molecule has 1 unspecified atom stereocenters. The lowest BCUT2D eigenvalue weighted by atomic mass is 10.1. The maximum absolute atomic E-state index is 12.7. The first kappa shape index (κ1) is 58.9. The van der Waals surface area contributed by atoms with Gasteiger partial charge in [0.05, 0.1) is 19.8 Å². The van der Waals surface area contributed by atoms with Gasteiger partial charge >= 0.3 is 19.8 Å². The van der Waals surface area contributed by atoms with Crippen LogP contribution in [0, 0.1) is 0 Å². The molecule has 0 heterocycles. The zero-order valence-corrected chi connectivity index (χ0v) is 39.8. The van der Waals surface area contributed by atoms with Crippen LogP contribution >= 0.6 is 7.82 Å². The van der Waals surface area contributed by atoms with Gasteiger partial charge in [0.1, 0.15) is 12.7 Å². The molecular formula is C50H91O10P. The zero-order valence-electron chi connectivity index (χ0n) is 38.9. The Bertz CT molecular complexity index is 1150. The molecule has 356 valence electrons. The van der Waals surface area contributed by atoms with E-state index in [1.54, 1.807) is 0 Å². The third-order valence-corrected chi connectivity index (χ3v) is 11.4. The van der Waals surface area contributed by atoms with E-state index in [0.29, 0.717) is 12.8 Å². The summed E-state index contributed by atoms with van der Waals surface area (Å²) in [5, 5.41) is 18.4. The average Bonchev–Trinajstić information content (AvgIpc) is 3.25. The highest BCUT2D eigenvalue weighted by atomic mass is 31.2.